The van der Waals surface area contributed by atoms with Crippen LogP contribution in [0.25, 0.3) is 0 Å². The smallest absolute Gasteiger partial charge is 0.219 e. The average Bonchev–Trinajstić information content (AvgIpc) is 2.74. The highest BCUT2D eigenvalue weighted by molar-refractivity contribution is 5.73. The topological polar surface area (TPSA) is 82.5 Å². The number of carbonyl (C=O) groups is 1. The van der Waals surface area contributed by atoms with Crippen molar-refractivity contribution in [3.05, 3.63) is 29.6 Å². The molecule has 0 spiro atoms. The number of hydrogen-bond acceptors (Lipinski definition) is 4. The molecule has 3 N–H and O–H groups in total. The number of aliphatic hydroxyl groups is 2. The number of unbranched alkanes of at least 4 members (excludes halogenated alkanes) is 13. The molecule has 5 nitrogen and oxygen atoms in total. The van der Waals surface area contributed by atoms with Gasteiger partial charge in [-0.3, -0.25) is 9.78 Å². The molecule has 1 amide bonds. The molecule has 1 aromatic rings. The summed E-state index contributed by atoms with van der Waals surface area (Å²) in [5.74, 6) is -0.352. The van der Waals surface area contributed by atoms with Crippen molar-refractivity contribution in [2.24, 2.45) is 0 Å². The zero-order valence-electron chi connectivity index (χ0n) is 20.0. The Labute approximate surface area is 190 Å². The molecule has 0 aliphatic carbocycles. The number of amides is 1. The summed E-state index contributed by atoms with van der Waals surface area (Å²) in [6.07, 6.45) is 19.6. The van der Waals surface area contributed by atoms with E-state index >= 15 is 0 Å². The first kappa shape index (κ1) is 27.6. The minimum absolute atomic E-state index is 0.0158. The highest BCUT2D eigenvalue weighted by atomic mass is 16.3. The maximum Gasteiger partial charge on any atom is 0.219 e. The van der Waals surface area contributed by atoms with Crippen molar-refractivity contribution in [1.82, 2.24) is 10.3 Å². The van der Waals surface area contributed by atoms with Crippen molar-refractivity contribution < 1.29 is 15.0 Å². The van der Waals surface area contributed by atoms with Crippen LogP contribution in [0.5, 0.6) is 0 Å². The quantitative estimate of drug-likeness (QED) is 0.191. The van der Waals surface area contributed by atoms with Crippen LogP contribution in [-0.2, 0) is 16.9 Å². The van der Waals surface area contributed by atoms with Crippen LogP contribution in [0.1, 0.15) is 122 Å². The van der Waals surface area contributed by atoms with Gasteiger partial charge < -0.3 is 15.5 Å². The van der Waals surface area contributed by atoms with E-state index in [9.17, 15) is 15.0 Å². The number of hydrogen-bond donors (Lipinski definition) is 3. The van der Waals surface area contributed by atoms with Crippen molar-refractivity contribution in [2.75, 3.05) is 6.61 Å². The van der Waals surface area contributed by atoms with Crippen LogP contribution >= 0.6 is 0 Å². The summed E-state index contributed by atoms with van der Waals surface area (Å²) >= 11 is 0. The van der Waals surface area contributed by atoms with Gasteiger partial charge in [0.1, 0.15) is 0 Å². The van der Waals surface area contributed by atoms with Crippen LogP contribution < -0.4 is 5.32 Å². The summed E-state index contributed by atoms with van der Waals surface area (Å²) in [5, 5.41) is 22.5. The van der Waals surface area contributed by atoms with Crippen LogP contribution in [0.15, 0.2) is 18.2 Å². The molecule has 0 bridgehead atoms. The molecule has 0 fully saturated rings. The van der Waals surface area contributed by atoms with Crippen LogP contribution in [0.2, 0.25) is 0 Å². The fourth-order valence-electron chi connectivity index (χ4n) is 4.06. The van der Waals surface area contributed by atoms with Gasteiger partial charge in [-0.05, 0) is 25.0 Å². The van der Waals surface area contributed by atoms with Crippen molar-refractivity contribution in [2.45, 2.75) is 122 Å². The van der Waals surface area contributed by atoms with Gasteiger partial charge in [-0.15, -0.1) is 0 Å². The van der Waals surface area contributed by atoms with E-state index in [2.05, 4.69) is 17.2 Å². The molecule has 1 unspecified atom stereocenters. The second kappa shape index (κ2) is 17.1. The number of aryl methyl sites for hydroxylation is 1. The Morgan fingerprint density at radius 3 is 1.90 bits per heavy atom. The Balaban J connectivity index is 2.16. The van der Waals surface area contributed by atoms with E-state index in [1.807, 2.05) is 12.1 Å². The fourth-order valence-corrected chi connectivity index (χ4v) is 4.06. The van der Waals surface area contributed by atoms with Gasteiger partial charge in [0.05, 0.1) is 5.69 Å². The third-order valence-corrected chi connectivity index (χ3v) is 5.87. The van der Waals surface area contributed by atoms with Crippen molar-refractivity contribution in [3.63, 3.8) is 0 Å². The van der Waals surface area contributed by atoms with E-state index in [4.69, 9.17) is 0 Å². The van der Waals surface area contributed by atoms with Crippen LogP contribution in [0, 0.1) is 0 Å². The van der Waals surface area contributed by atoms with E-state index in [-0.39, 0.29) is 18.9 Å². The summed E-state index contributed by atoms with van der Waals surface area (Å²) < 4.78 is 0. The third kappa shape index (κ3) is 12.9. The predicted octanol–water partition coefficient (Wildman–Crippen LogP) is 5.77. The SMILES string of the molecule is CCCCCCCCCCCCCCCCc1cccc(C(O)(CCO)NC(C)=O)n1. The highest BCUT2D eigenvalue weighted by Gasteiger charge is 2.31. The first-order valence-corrected chi connectivity index (χ1v) is 12.6. The number of nitrogens with zero attached hydrogens (tertiary/aromatic N) is 1. The maximum absolute atomic E-state index is 11.4. The Bertz CT molecular complexity index is 594. The first-order chi connectivity index (χ1) is 15.0. The molecule has 1 rings (SSSR count). The molecule has 1 aromatic heterocycles. The normalized spacial score (nSPS) is 13.2. The molecule has 31 heavy (non-hydrogen) atoms. The van der Waals surface area contributed by atoms with Crippen LogP contribution in [0.3, 0.4) is 0 Å². The lowest BCUT2D eigenvalue weighted by atomic mass is 10.0. The molecule has 1 atom stereocenters. The second-order valence-corrected chi connectivity index (χ2v) is 8.88. The summed E-state index contributed by atoms with van der Waals surface area (Å²) in [7, 11) is 0. The number of aliphatic hydroxyl groups excluding tert-OH is 1. The zero-order chi connectivity index (χ0) is 22.8. The molecular weight excluding hydrogens is 388 g/mol. The monoisotopic (exact) mass is 434 g/mol. The molecule has 178 valence electrons. The Morgan fingerprint density at radius 1 is 0.903 bits per heavy atom. The molecule has 0 aromatic carbocycles. The van der Waals surface area contributed by atoms with E-state index in [1.54, 1.807) is 6.07 Å². The summed E-state index contributed by atoms with van der Waals surface area (Å²) in [4.78, 5) is 16.0. The van der Waals surface area contributed by atoms with Gasteiger partial charge in [0, 0.05) is 25.6 Å². The van der Waals surface area contributed by atoms with Gasteiger partial charge in [-0.2, -0.15) is 0 Å². The molecule has 0 aliphatic heterocycles. The van der Waals surface area contributed by atoms with Gasteiger partial charge >= 0.3 is 0 Å². The minimum Gasteiger partial charge on any atom is -0.396 e. The number of pyridine rings is 1. The lowest BCUT2D eigenvalue weighted by molar-refractivity contribution is -0.128. The molecule has 0 saturated heterocycles. The van der Waals surface area contributed by atoms with E-state index < -0.39 is 5.72 Å². The Hall–Kier alpha value is -1.46. The van der Waals surface area contributed by atoms with E-state index in [0.29, 0.717) is 5.69 Å². The van der Waals surface area contributed by atoms with Gasteiger partial charge in [0.2, 0.25) is 5.91 Å². The molecule has 5 heteroatoms. The standard InChI is InChI=1S/C26H46N2O3/c1-3-4-5-6-7-8-9-10-11-12-13-14-15-16-18-24-19-17-20-25(27-24)26(31,21-22-29)28-23(2)30/h17,19-20,29,31H,3-16,18,21-22H2,1-2H3,(H,28,30). The van der Waals surface area contributed by atoms with Crippen LogP contribution in [-0.4, -0.2) is 27.7 Å². The maximum atomic E-state index is 11.4. The third-order valence-electron chi connectivity index (χ3n) is 5.87. The molecular formula is C26H46N2O3. The van der Waals surface area contributed by atoms with Crippen molar-refractivity contribution >= 4 is 5.91 Å². The second-order valence-electron chi connectivity index (χ2n) is 8.88. The summed E-state index contributed by atoms with van der Waals surface area (Å²) in [5.41, 5.74) is -0.315. The summed E-state index contributed by atoms with van der Waals surface area (Å²) in [6, 6.07) is 5.50. The number of nitrogens with one attached hydrogen (secondary N) is 1. The van der Waals surface area contributed by atoms with Gasteiger partial charge in [0.15, 0.2) is 5.72 Å². The number of aromatic nitrogens is 1. The Morgan fingerprint density at radius 2 is 1.42 bits per heavy atom. The number of carbonyl (C=O) groups excluding carboxylic acids is 1. The van der Waals surface area contributed by atoms with E-state index in [1.165, 1.54) is 90.4 Å². The largest absolute Gasteiger partial charge is 0.396 e. The molecule has 1 heterocycles. The van der Waals surface area contributed by atoms with Gasteiger partial charge in [-0.1, -0.05) is 96.5 Å². The molecule has 0 saturated carbocycles. The van der Waals surface area contributed by atoms with E-state index in [0.717, 1.165) is 18.5 Å². The molecule has 0 aliphatic rings. The predicted molar refractivity (Wildman–Crippen MR) is 128 cm³/mol. The Kier molecular flexibility index (Phi) is 15.2. The van der Waals surface area contributed by atoms with Crippen molar-refractivity contribution in [1.29, 1.82) is 0 Å². The fraction of sp³-hybridized carbons (Fsp3) is 0.769. The van der Waals surface area contributed by atoms with Gasteiger partial charge in [-0.25, -0.2) is 0 Å². The van der Waals surface area contributed by atoms with Crippen LogP contribution in [0.4, 0.5) is 0 Å². The average molecular weight is 435 g/mol. The summed E-state index contributed by atoms with van der Waals surface area (Å²) in [6.45, 7) is 3.38. The highest BCUT2D eigenvalue weighted by Crippen LogP contribution is 2.21. The lowest BCUT2D eigenvalue weighted by Crippen LogP contribution is -2.46. The lowest BCUT2D eigenvalue weighted by Gasteiger charge is -2.27. The zero-order valence-corrected chi connectivity index (χ0v) is 20.0. The van der Waals surface area contributed by atoms with Gasteiger partial charge in [0.25, 0.3) is 0 Å². The minimum atomic E-state index is -1.62. The molecule has 0 radical (unpaired) electrons. The number of rotatable bonds is 19. The first-order valence-electron chi connectivity index (χ1n) is 12.6. The van der Waals surface area contributed by atoms with Crippen molar-refractivity contribution in [3.8, 4) is 0 Å².